The molecule has 1 aliphatic heterocycles. The maximum Gasteiger partial charge on any atom is 0.325 e. The van der Waals surface area contributed by atoms with Crippen molar-refractivity contribution in [3.05, 3.63) is 90.1 Å². The van der Waals surface area contributed by atoms with Crippen molar-refractivity contribution in [2.24, 2.45) is 28.1 Å². The smallest absolute Gasteiger partial charge is 0.325 e. The maximum atomic E-state index is 14.7. The van der Waals surface area contributed by atoms with Crippen LogP contribution in [0.3, 0.4) is 0 Å². The molecule has 2 aliphatic rings. The van der Waals surface area contributed by atoms with Gasteiger partial charge in [0.25, 0.3) is 5.91 Å². The molecule has 85 heavy (non-hydrogen) atoms. The quantitative estimate of drug-likeness (QED) is 0.00997. The number of fused-ring (bicyclic) bond motifs is 1. The van der Waals surface area contributed by atoms with Gasteiger partial charge in [-0.3, -0.25) is 48.1 Å². The van der Waals surface area contributed by atoms with E-state index in [4.69, 9.17) is 17.2 Å². The van der Waals surface area contributed by atoms with E-state index in [2.05, 4.69) is 87.7 Å². The molecule has 1 saturated heterocycles. The first-order chi connectivity index (χ1) is 40.8. The third-order valence-electron chi connectivity index (χ3n) is 15.0. The lowest BCUT2D eigenvalue weighted by atomic mass is 9.85. The number of amides is 11. The van der Waals surface area contributed by atoms with E-state index in [1.165, 1.54) is 19.4 Å². The molecule has 460 valence electrons. The normalized spacial score (nSPS) is 17.1. The number of hydrogen-bond acceptors (Lipinski definition) is 14. The fourth-order valence-electron chi connectivity index (χ4n) is 10.4. The number of imidazole rings is 1. The van der Waals surface area contributed by atoms with Gasteiger partial charge in [0.15, 0.2) is 5.96 Å². The molecule has 4 aromatic rings. The molecule has 0 radical (unpaired) electrons. The highest BCUT2D eigenvalue weighted by atomic mass is 32.1. The minimum Gasteiger partial charge on any atom is -0.370 e. The van der Waals surface area contributed by atoms with E-state index < -0.39 is 114 Å². The van der Waals surface area contributed by atoms with Crippen LogP contribution < -0.4 is 59.7 Å². The number of rotatable bonds is 33. The van der Waals surface area contributed by atoms with Gasteiger partial charge in [-0.2, -0.15) is 25.3 Å². The Morgan fingerprint density at radius 1 is 0.671 bits per heavy atom. The summed E-state index contributed by atoms with van der Waals surface area (Å²) in [6.07, 6.45) is 11.1. The molecule has 11 amide bonds. The number of unbranched alkanes of at least 4 members (excludes halogenated alkanes) is 1. The van der Waals surface area contributed by atoms with Crippen molar-refractivity contribution in [3.8, 4) is 0 Å². The van der Waals surface area contributed by atoms with Gasteiger partial charge in [0.2, 0.25) is 47.3 Å². The Bertz CT molecular complexity index is 2970. The Balaban J connectivity index is 1.18. The number of nitrogens with zero attached hydrogens (tertiary/aromatic N) is 3. The number of urea groups is 1. The van der Waals surface area contributed by atoms with E-state index in [-0.39, 0.29) is 68.5 Å². The molecule has 2 fully saturated rings. The number of para-hydroxylation sites is 1. The first-order valence-corrected chi connectivity index (χ1v) is 30.0. The lowest BCUT2D eigenvalue weighted by Gasteiger charge is -2.28. The summed E-state index contributed by atoms with van der Waals surface area (Å²) in [6, 6.07) is 3.90. The highest BCUT2D eigenvalue weighted by Crippen LogP contribution is 2.30. The summed E-state index contributed by atoms with van der Waals surface area (Å²) in [5.41, 5.74) is 19.1. The van der Waals surface area contributed by atoms with E-state index in [1.807, 2.05) is 31.2 Å². The third kappa shape index (κ3) is 19.5. The number of aliphatic imine (C=N–C) groups is 1. The molecule has 9 atom stereocenters. The van der Waals surface area contributed by atoms with Crippen LogP contribution in [0.5, 0.6) is 0 Å². The number of thiol groups is 2. The summed E-state index contributed by atoms with van der Waals surface area (Å²) in [6.45, 7) is 3.31. The van der Waals surface area contributed by atoms with Gasteiger partial charge in [-0.05, 0) is 55.7 Å². The monoisotopic (exact) mass is 1210 g/mol. The van der Waals surface area contributed by atoms with Crippen molar-refractivity contribution >= 4 is 101 Å². The minimum absolute atomic E-state index is 0.0482. The van der Waals surface area contributed by atoms with Gasteiger partial charge in [0.05, 0.1) is 6.33 Å². The van der Waals surface area contributed by atoms with Crippen molar-refractivity contribution in [1.82, 2.24) is 62.4 Å². The molecule has 28 heteroatoms. The summed E-state index contributed by atoms with van der Waals surface area (Å²) >= 11 is 8.48. The van der Waals surface area contributed by atoms with Crippen LogP contribution in [0.15, 0.2) is 78.3 Å². The van der Waals surface area contributed by atoms with Gasteiger partial charge in [0, 0.05) is 66.3 Å². The molecule has 3 heterocycles. The number of nitrogens with one attached hydrogen (secondary N) is 10. The van der Waals surface area contributed by atoms with Crippen molar-refractivity contribution in [3.63, 3.8) is 0 Å². The van der Waals surface area contributed by atoms with Crippen LogP contribution in [-0.2, 0) is 62.4 Å². The molecular weight excluding hydrogens is 1130 g/mol. The van der Waals surface area contributed by atoms with E-state index in [1.54, 1.807) is 36.5 Å². The summed E-state index contributed by atoms with van der Waals surface area (Å²) in [4.78, 5) is 154. The second-order valence-electron chi connectivity index (χ2n) is 21.5. The van der Waals surface area contributed by atoms with E-state index in [0.717, 1.165) is 47.9 Å². The number of aromatic nitrogens is 3. The van der Waals surface area contributed by atoms with Crippen molar-refractivity contribution in [1.29, 1.82) is 0 Å². The van der Waals surface area contributed by atoms with E-state index in [0.29, 0.717) is 36.1 Å². The van der Waals surface area contributed by atoms with Crippen LogP contribution in [0.2, 0.25) is 0 Å². The Morgan fingerprint density at radius 2 is 1.26 bits per heavy atom. The first-order valence-electron chi connectivity index (χ1n) is 28.7. The zero-order chi connectivity index (χ0) is 61.6. The molecule has 0 unspecified atom stereocenters. The number of benzene rings is 2. The lowest BCUT2D eigenvalue weighted by Crippen LogP contribution is -2.61. The predicted octanol–water partition coefficient (Wildman–Crippen LogP) is 0.180. The molecule has 0 spiro atoms. The molecule has 2 aromatic heterocycles. The number of nitrogens with two attached hydrogens (primary N) is 3. The van der Waals surface area contributed by atoms with Crippen LogP contribution in [0.1, 0.15) is 101 Å². The Labute approximate surface area is 503 Å². The topological polar surface area (TPSA) is 405 Å². The van der Waals surface area contributed by atoms with Crippen LogP contribution >= 0.6 is 25.3 Å². The Morgan fingerprint density at radius 3 is 1.89 bits per heavy atom. The number of guanidine groups is 1. The number of carbonyl (C=O) groups is 10. The molecule has 1 saturated carbocycles. The highest BCUT2D eigenvalue weighted by Gasteiger charge is 2.46. The largest absolute Gasteiger partial charge is 0.370 e. The molecule has 2 aromatic carbocycles. The number of hydrogen-bond donors (Lipinski definition) is 15. The fourth-order valence-corrected chi connectivity index (χ4v) is 10.9. The van der Waals surface area contributed by atoms with Gasteiger partial charge in [-0.25, -0.2) is 14.7 Å². The van der Waals surface area contributed by atoms with Crippen molar-refractivity contribution in [2.45, 2.75) is 158 Å². The molecule has 6 rings (SSSR count). The number of H-pyrrole nitrogens is 2. The Kier molecular flexibility index (Phi) is 25.5. The average Bonchev–Trinajstić information content (AvgIpc) is 4.46. The number of aromatic amines is 2. The SMILES string of the molecule is CCCC[C@@H](C(=O)N[C@@H](CS)C(=O)N[C@H](C)C(=O)N[C@@H](Cc1cnc[nH]1)C(=O)N[C@H](Cc1ccccc1)C(=O)N[C@@H](CCCN=C(N)N)C(=O)N[C@@H](Cc1c[nH]c2ccccc12)C(=O)N[C@@H](CS)C(N)=O)N1C(=O)N[C@@H](CC2CCCCC2)C1=O. The molecule has 16 N–H and O–H groups in total. The van der Waals surface area contributed by atoms with Gasteiger partial charge in [-0.1, -0.05) is 100 Å². The molecule has 0 bridgehead atoms. The van der Waals surface area contributed by atoms with Crippen LogP contribution in [0, 0.1) is 5.92 Å². The predicted molar refractivity (Wildman–Crippen MR) is 324 cm³/mol. The second-order valence-corrected chi connectivity index (χ2v) is 22.2. The zero-order valence-electron chi connectivity index (χ0n) is 47.8. The van der Waals surface area contributed by atoms with Crippen molar-refractivity contribution in [2.75, 3.05) is 18.1 Å². The van der Waals surface area contributed by atoms with Crippen LogP contribution in [-0.4, -0.2) is 157 Å². The van der Waals surface area contributed by atoms with Gasteiger partial charge in [-0.15, -0.1) is 0 Å². The molecule has 26 nitrogen and oxygen atoms in total. The van der Waals surface area contributed by atoms with Crippen LogP contribution in [0.4, 0.5) is 4.79 Å². The van der Waals surface area contributed by atoms with E-state index in [9.17, 15) is 47.9 Å². The van der Waals surface area contributed by atoms with Crippen molar-refractivity contribution < 1.29 is 47.9 Å². The summed E-state index contributed by atoms with van der Waals surface area (Å²) in [5.74, 6) is -7.33. The highest BCUT2D eigenvalue weighted by molar-refractivity contribution is 7.80. The van der Waals surface area contributed by atoms with E-state index >= 15 is 0 Å². The summed E-state index contributed by atoms with van der Waals surface area (Å²) in [7, 11) is 0. The average molecular weight is 1210 g/mol. The lowest BCUT2D eigenvalue weighted by molar-refractivity contribution is -0.138. The zero-order valence-corrected chi connectivity index (χ0v) is 49.6. The standard InChI is InChI=1S/C57H80N16O10S2/c1-3-4-21-46(73-55(82)43(72-57(73)83)24-34-16-9-6-10-17-34)54(81)71-45(30-85)53(80)65-32(2)48(75)67-42(26-36-28-61-31-64-36)52(79)68-40(23-33-14-7-5-8-15-33)50(77)66-39(20-13-22-62-56(59)60)49(76)69-41(51(78)70-44(29-84)47(58)74)25-35-27-63-38-19-12-11-18-37(35)38/h5,7-8,11-12,14-15,18-19,27-28,31-32,34,39-46,63,84-85H,3-4,6,9-10,13,16-17,20-26,29-30H2,1-2H3,(H2,58,74)(H,61,64)(H,65,80)(H,66,77)(H,67,75)(H,68,79)(H,69,76)(H,70,78)(H,71,81)(H,72,83)(H4,59,60,62)/t32-,39+,40-,41+,42+,43+,44+,45+,46+/m1/s1. The Hall–Kier alpha value is -8.14. The molecular formula is C57H80N16O10S2. The third-order valence-corrected chi connectivity index (χ3v) is 15.8. The molecule has 1 aliphatic carbocycles. The van der Waals surface area contributed by atoms with Gasteiger partial charge in [0.1, 0.15) is 54.4 Å². The van der Waals surface area contributed by atoms with Gasteiger partial charge < -0.3 is 69.7 Å². The summed E-state index contributed by atoms with van der Waals surface area (Å²) < 4.78 is 0. The van der Waals surface area contributed by atoms with Crippen LogP contribution in [0.25, 0.3) is 10.9 Å². The number of primary amides is 1. The minimum atomic E-state index is -1.42. The number of carbonyl (C=O) groups excluding carboxylic acids is 10. The first kappa shape index (κ1) is 66.0. The second kappa shape index (κ2) is 32.8. The van der Waals surface area contributed by atoms with Gasteiger partial charge >= 0.3 is 6.03 Å². The fraction of sp³-hybridized carbons (Fsp3) is 0.509. The summed E-state index contributed by atoms with van der Waals surface area (Å²) in [5, 5.41) is 22.2. The number of imide groups is 1. The maximum absolute atomic E-state index is 14.7.